The first-order valence-corrected chi connectivity index (χ1v) is 8.10. The van der Waals surface area contributed by atoms with Gasteiger partial charge >= 0.3 is 0 Å². The monoisotopic (exact) mass is 304 g/mol. The summed E-state index contributed by atoms with van der Waals surface area (Å²) < 4.78 is 26.9. The molecule has 0 aromatic heterocycles. The number of hydrogen-bond acceptors (Lipinski definition) is 3. The molecule has 2 rings (SSSR count). The van der Waals surface area contributed by atoms with Crippen LogP contribution in [0, 0.1) is 20.8 Å². The van der Waals surface area contributed by atoms with Gasteiger partial charge in [0.2, 0.25) is 0 Å². The lowest BCUT2D eigenvalue weighted by Crippen LogP contribution is -2.28. The van der Waals surface area contributed by atoms with E-state index in [-0.39, 0.29) is 10.6 Å². The first-order valence-electron chi connectivity index (χ1n) is 6.66. The second-order valence-corrected chi connectivity index (χ2v) is 7.17. The van der Waals surface area contributed by atoms with Gasteiger partial charge in [0.05, 0.1) is 11.4 Å². The summed E-state index contributed by atoms with van der Waals surface area (Å²) >= 11 is 0. The largest absolute Gasteiger partial charge is 0.398 e. The summed E-state index contributed by atoms with van der Waals surface area (Å²) in [6.45, 7) is 5.67. The van der Waals surface area contributed by atoms with Crippen LogP contribution in [-0.2, 0) is 10.0 Å². The molecule has 0 radical (unpaired) electrons. The molecule has 0 aliphatic heterocycles. The van der Waals surface area contributed by atoms with Crippen LogP contribution < -0.4 is 10.0 Å². The third kappa shape index (κ3) is 2.74. The van der Waals surface area contributed by atoms with E-state index in [1.54, 1.807) is 25.2 Å². The van der Waals surface area contributed by atoms with Crippen LogP contribution >= 0.6 is 0 Å². The summed E-state index contributed by atoms with van der Waals surface area (Å²) in [5.74, 6) is 0. The van der Waals surface area contributed by atoms with Gasteiger partial charge in [-0.25, -0.2) is 8.42 Å². The number of aryl methyl sites for hydroxylation is 3. The Morgan fingerprint density at radius 3 is 2.14 bits per heavy atom. The Kier molecular flexibility index (Phi) is 3.96. The van der Waals surface area contributed by atoms with E-state index in [1.165, 1.54) is 4.31 Å². The van der Waals surface area contributed by atoms with Gasteiger partial charge in [-0.15, -0.1) is 0 Å². The molecule has 0 heterocycles. The third-order valence-electron chi connectivity index (χ3n) is 3.72. The van der Waals surface area contributed by atoms with Gasteiger partial charge in [0.1, 0.15) is 4.90 Å². The van der Waals surface area contributed by atoms with Crippen molar-refractivity contribution >= 4 is 21.4 Å². The second kappa shape index (κ2) is 5.41. The van der Waals surface area contributed by atoms with Gasteiger partial charge in [-0.2, -0.15) is 0 Å². The van der Waals surface area contributed by atoms with Gasteiger partial charge in [0.25, 0.3) is 10.0 Å². The zero-order valence-electron chi connectivity index (χ0n) is 12.7. The Bertz CT molecular complexity index is 783. The van der Waals surface area contributed by atoms with Crippen LogP contribution in [0.25, 0.3) is 0 Å². The first-order chi connectivity index (χ1) is 9.75. The van der Waals surface area contributed by atoms with Crippen molar-refractivity contribution in [1.82, 2.24) is 0 Å². The molecule has 0 bridgehead atoms. The smallest absolute Gasteiger partial charge is 0.266 e. The van der Waals surface area contributed by atoms with Crippen molar-refractivity contribution in [2.75, 3.05) is 17.1 Å². The average molecular weight is 304 g/mol. The molecule has 0 saturated heterocycles. The minimum Gasteiger partial charge on any atom is -0.398 e. The van der Waals surface area contributed by atoms with Crippen LogP contribution in [0.2, 0.25) is 0 Å². The normalized spacial score (nSPS) is 11.4. The number of benzene rings is 2. The van der Waals surface area contributed by atoms with Gasteiger partial charge in [0, 0.05) is 7.05 Å². The van der Waals surface area contributed by atoms with Crippen molar-refractivity contribution in [3.05, 3.63) is 53.1 Å². The number of hydrogen-bond donors (Lipinski definition) is 1. The molecule has 0 saturated carbocycles. The van der Waals surface area contributed by atoms with E-state index in [0.717, 1.165) is 16.7 Å². The van der Waals surface area contributed by atoms with Crippen molar-refractivity contribution in [2.45, 2.75) is 25.7 Å². The van der Waals surface area contributed by atoms with E-state index in [0.29, 0.717) is 5.69 Å². The lowest BCUT2D eigenvalue weighted by molar-refractivity contribution is 0.594. The Balaban J connectivity index is 2.58. The van der Waals surface area contributed by atoms with Crippen LogP contribution in [0.3, 0.4) is 0 Å². The van der Waals surface area contributed by atoms with Crippen LogP contribution in [0.5, 0.6) is 0 Å². The SMILES string of the molecule is Cc1cc(N)c(S(=O)(=O)N(C)c2ccccc2C)cc1C. The predicted molar refractivity (Wildman–Crippen MR) is 87.1 cm³/mol. The Labute approximate surface area is 126 Å². The van der Waals surface area contributed by atoms with Gasteiger partial charge in [-0.1, -0.05) is 18.2 Å². The molecule has 0 fully saturated rings. The molecule has 0 spiro atoms. The number of sulfonamides is 1. The summed E-state index contributed by atoms with van der Waals surface area (Å²) in [6, 6.07) is 10.7. The van der Waals surface area contributed by atoms with Crippen LogP contribution in [0.1, 0.15) is 16.7 Å². The highest BCUT2D eigenvalue weighted by molar-refractivity contribution is 7.93. The van der Waals surface area contributed by atoms with Gasteiger partial charge in [0.15, 0.2) is 0 Å². The predicted octanol–water partition coefficient (Wildman–Crippen LogP) is 3.02. The molecule has 2 N–H and O–H groups in total. The summed E-state index contributed by atoms with van der Waals surface area (Å²) in [5, 5.41) is 0. The summed E-state index contributed by atoms with van der Waals surface area (Å²) in [7, 11) is -2.13. The van der Waals surface area contributed by atoms with E-state index in [9.17, 15) is 8.42 Å². The number of rotatable bonds is 3. The summed E-state index contributed by atoms with van der Waals surface area (Å²) in [4.78, 5) is 0.149. The van der Waals surface area contributed by atoms with Crippen LogP contribution in [0.15, 0.2) is 41.3 Å². The standard InChI is InChI=1S/C16H20N2O2S/c1-11-7-5-6-8-15(11)18(4)21(19,20)16-10-13(3)12(2)9-14(16)17/h5-10H,17H2,1-4H3. The third-order valence-corrected chi connectivity index (χ3v) is 5.55. The average Bonchev–Trinajstić information content (AvgIpc) is 2.42. The minimum absolute atomic E-state index is 0.149. The topological polar surface area (TPSA) is 63.4 Å². The van der Waals surface area contributed by atoms with Crippen molar-refractivity contribution in [1.29, 1.82) is 0 Å². The number of nitrogens with zero attached hydrogens (tertiary/aromatic N) is 1. The highest BCUT2D eigenvalue weighted by Gasteiger charge is 2.25. The molecule has 4 nitrogen and oxygen atoms in total. The lowest BCUT2D eigenvalue weighted by atomic mass is 10.1. The fourth-order valence-electron chi connectivity index (χ4n) is 2.23. The molecule has 0 atom stereocenters. The molecule has 0 amide bonds. The van der Waals surface area contributed by atoms with Crippen molar-refractivity contribution < 1.29 is 8.42 Å². The molecular weight excluding hydrogens is 284 g/mol. The van der Waals surface area contributed by atoms with Crippen molar-refractivity contribution in [2.24, 2.45) is 0 Å². The highest BCUT2D eigenvalue weighted by Crippen LogP contribution is 2.29. The lowest BCUT2D eigenvalue weighted by Gasteiger charge is -2.22. The van der Waals surface area contributed by atoms with Gasteiger partial charge < -0.3 is 5.73 Å². The van der Waals surface area contributed by atoms with E-state index in [2.05, 4.69) is 0 Å². The zero-order chi connectivity index (χ0) is 15.8. The van der Waals surface area contributed by atoms with E-state index in [1.807, 2.05) is 39.0 Å². The molecule has 5 heteroatoms. The van der Waals surface area contributed by atoms with Gasteiger partial charge in [-0.3, -0.25) is 4.31 Å². The minimum atomic E-state index is -3.68. The fourth-order valence-corrected chi connectivity index (χ4v) is 3.67. The van der Waals surface area contributed by atoms with E-state index >= 15 is 0 Å². The molecular formula is C16H20N2O2S. The number of anilines is 2. The number of nitrogens with two attached hydrogens (primary N) is 1. The highest BCUT2D eigenvalue weighted by atomic mass is 32.2. The number of para-hydroxylation sites is 1. The molecule has 2 aromatic rings. The molecule has 2 aromatic carbocycles. The Morgan fingerprint density at radius 2 is 1.52 bits per heavy atom. The quantitative estimate of drug-likeness (QED) is 0.887. The maximum atomic E-state index is 12.8. The van der Waals surface area contributed by atoms with E-state index < -0.39 is 10.0 Å². The summed E-state index contributed by atoms with van der Waals surface area (Å²) in [6.07, 6.45) is 0. The fraction of sp³-hybridized carbons (Fsp3) is 0.250. The van der Waals surface area contributed by atoms with Crippen molar-refractivity contribution in [3.63, 3.8) is 0 Å². The van der Waals surface area contributed by atoms with Crippen molar-refractivity contribution in [3.8, 4) is 0 Å². The van der Waals surface area contributed by atoms with E-state index in [4.69, 9.17) is 5.73 Å². The first kappa shape index (κ1) is 15.4. The van der Waals surface area contributed by atoms with Gasteiger partial charge in [-0.05, 0) is 55.7 Å². The maximum absolute atomic E-state index is 12.8. The molecule has 0 unspecified atom stereocenters. The molecule has 0 aliphatic carbocycles. The van der Waals surface area contributed by atoms with Crippen LogP contribution in [0.4, 0.5) is 11.4 Å². The zero-order valence-corrected chi connectivity index (χ0v) is 13.5. The maximum Gasteiger partial charge on any atom is 0.266 e. The molecule has 21 heavy (non-hydrogen) atoms. The number of nitrogen functional groups attached to an aromatic ring is 1. The molecule has 112 valence electrons. The van der Waals surface area contributed by atoms with Crippen LogP contribution in [-0.4, -0.2) is 15.5 Å². The Hall–Kier alpha value is -2.01. The Morgan fingerprint density at radius 1 is 0.952 bits per heavy atom. The molecule has 0 aliphatic rings. The second-order valence-electron chi connectivity index (χ2n) is 5.23. The summed E-state index contributed by atoms with van der Waals surface area (Å²) in [5.41, 5.74) is 9.62.